The summed E-state index contributed by atoms with van der Waals surface area (Å²) in [7, 11) is 0. The summed E-state index contributed by atoms with van der Waals surface area (Å²) in [6, 6.07) is 12.1. The quantitative estimate of drug-likeness (QED) is 0.857. The molecule has 0 saturated carbocycles. The lowest BCUT2D eigenvalue weighted by molar-refractivity contribution is 0.340. The first-order valence-corrected chi connectivity index (χ1v) is 8.36. The van der Waals surface area contributed by atoms with Crippen LogP contribution in [-0.2, 0) is 0 Å². The van der Waals surface area contributed by atoms with Crippen LogP contribution in [0.15, 0.2) is 30.3 Å². The molecule has 2 atom stereocenters. The molecule has 0 spiro atoms. The van der Waals surface area contributed by atoms with Crippen LogP contribution in [0, 0.1) is 17.2 Å². The number of nitrogens with two attached hydrogens (primary N) is 1. The molecule has 4 rings (SSSR count). The Morgan fingerprint density at radius 3 is 2.92 bits per heavy atom. The molecule has 0 bridgehead atoms. The second-order valence-corrected chi connectivity index (χ2v) is 6.53. The van der Waals surface area contributed by atoms with Gasteiger partial charge in [-0.05, 0) is 37.4 Å². The van der Waals surface area contributed by atoms with Crippen molar-refractivity contribution in [1.82, 2.24) is 15.3 Å². The Morgan fingerprint density at radius 2 is 2.12 bits per heavy atom. The SMILES string of the molecule is Cl.N#Cc1cccc(-c2cc(N3C[C@H]4CCCN[C@H]4C3)nc(N)n2)c1. The van der Waals surface area contributed by atoms with Crippen LogP contribution < -0.4 is 16.0 Å². The summed E-state index contributed by atoms with van der Waals surface area (Å²) >= 11 is 0. The van der Waals surface area contributed by atoms with Gasteiger partial charge in [0.05, 0.1) is 17.3 Å². The summed E-state index contributed by atoms with van der Waals surface area (Å²) in [5, 5.41) is 12.7. The van der Waals surface area contributed by atoms with Crippen molar-refractivity contribution < 1.29 is 0 Å². The molecule has 2 saturated heterocycles. The average molecular weight is 357 g/mol. The van der Waals surface area contributed by atoms with E-state index in [9.17, 15) is 0 Å². The minimum absolute atomic E-state index is 0. The van der Waals surface area contributed by atoms with Crippen LogP contribution in [0.5, 0.6) is 0 Å². The van der Waals surface area contributed by atoms with E-state index in [1.807, 2.05) is 24.3 Å². The summed E-state index contributed by atoms with van der Waals surface area (Å²) < 4.78 is 0. The largest absolute Gasteiger partial charge is 0.368 e. The van der Waals surface area contributed by atoms with Gasteiger partial charge in [0.15, 0.2) is 0 Å². The molecular formula is C18H21ClN6. The predicted molar refractivity (Wildman–Crippen MR) is 101 cm³/mol. The Balaban J connectivity index is 0.00000182. The molecule has 0 aliphatic carbocycles. The van der Waals surface area contributed by atoms with E-state index in [4.69, 9.17) is 11.0 Å². The Hall–Kier alpha value is -2.36. The van der Waals surface area contributed by atoms with Crippen LogP contribution in [0.3, 0.4) is 0 Å². The van der Waals surface area contributed by atoms with Gasteiger partial charge < -0.3 is 16.0 Å². The molecule has 25 heavy (non-hydrogen) atoms. The van der Waals surface area contributed by atoms with Crippen molar-refractivity contribution in [3.63, 3.8) is 0 Å². The number of nitrogen functional groups attached to an aromatic ring is 1. The lowest BCUT2D eigenvalue weighted by Gasteiger charge is -2.24. The van der Waals surface area contributed by atoms with Crippen molar-refractivity contribution >= 4 is 24.2 Å². The second kappa shape index (κ2) is 7.26. The third-order valence-corrected chi connectivity index (χ3v) is 4.94. The molecule has 3 heterocycles. The smallest absolute Gasteiger partial charge is 0.222 e. The fraction of sp³-hybridized carbons (Fsp3) is 0.389. The van der Waals surface area contributed by atoms with Crippen LogP contribution in [0.4, 0.5) is 11.8 Å². The fourth-order valence-corrected chi connectivity index (χ4v) is 3.74. The molecule has 7 heteroatoms. The molecule has 2 fully saturated rings. The Morgan fingerprint density at radius 1 is 1.24 bits per heavy atom. The van der Waals surface area contributed by atoms with Gasteiger partial charge in [0, 0.05) is 30.8 Å². The monoisotopic (exact) mass is 356 g/mol. The summed E-state index contributed by atoms with van der Waals surface area (Å²) in [4.78, 5) is 11.1. The number of hydrogen-bond donors (Lipinski definition) is 2. The normalized spacial score (nSPS) is 22.0. The molecule has 1 aromatic heterocycles. The highest BCUT2D eigenvalue weighted by atomic mass is 35.5. The number of piperidine rings is 1. The molecule has 6 nitrogen and oxygen atoms in total. The van der Waals surface area contributed by atoms with Gasteiger partial charge in [-0.25, -0.2) is 4.98 Å². The van der Waals surface area contributed by atoms with Crippen molar-refractivity contribution in [2.45, 2.75) is 18.9 Å². The average Bonchev–Trinajstić information content (AvgIpc) is 3.05. The first-order valence-electron chi connectivity index (χ1n) is 8.36. The molecule has 2 aromatic rings. The van der Waals surface area contributed by atoms with Gasteiger partial charge in [-0.2, -0.15) is 10.2 Å². The summed E-state index contributed by atoms with van der Waals surface area (Å²) in [5.41, 5.74) is 8.22. The molecule has 3 N–H and O–H groups in total. The topological polar surface area (TPSA) is 90.9 Å². The number of nitriles is 1. The summed E-state index contributed by atoms with van der Waals surface area (Å²) in [5.74, 6) is 1.82. The number of nitrogens with one attached hydrogen (secondary N) is 1. The van der Waals surface area contributed by atoms with Crippen LogP contribution in [-0.4, -0.2) is 35.6 Å². The third-order valence-electron chi connectivity index (χ3n) is 4.94. The zero-order chi connectivity index (χ0) is 16.5. The highest BCUT2D eigenvalue weighted by Crippen LogP contribution is 2.30. The number of benzene rings is 1. The minimum atomic E-state index is 0. The Bertz CT molecular complexity index is 788. The number of nitrogens with zero attached hydrogens (tertiary/aromatic N) is 4. The fourth-order valence-electron chi connectivity index (χ4n) is 3.74. The van der Waals surface area contributed by atoms with Gasteiger partial charge >= 0.3 is 0 Å². The highest BCUT2D eigenvalue weighted by Gasteiger charge is 2.35. The molecule has 2 aliphatic heterocycles. The van der Waals surface area contributed by atoms with E-state index in [0.717, 1.165) is 36.7 Å². The molecule has 130 valence electrons. The maximum Gasteiger partial charge on any atom is 0.222 e. The summed E-state index contributed by atoms with van der Waals surface area (Å²) in [6.07, 6.45) is 2.51. The van der Waals surface area contributed by atoms with Crippen LogP contribution >= 0.6 is 12.4 Å². The molecular weight excluding hydrogens is 336 g/mol. The third kappa shape index (κ3) is 3.53. The zero-order valence-electron chi connectivity index (χ0n) is 13.9. The number of rotatable bonds is 2. The Labute approximate surface area is 153 Å². The standard InChI is InChI=1S/C18H20N6.ClH/c19-9-12-3-1-4-13(7-12)15-8-17(23-18(20)22-15)24-10-14-5-2-6-21-16(14)11-24;/h1,3-4,7-8,14,16,21H,2,5-6,10-11H2,(H2,20,22,23);1H/t14-,16+;/m1./s1. The number of hydrogen-bond acceptors (Lipinski definition) is 6. The van der Waals surface area contributed by atoms with Crippen LogP contribution in [0.1, 0.15) is 18.4 Å². The van der Waals surface area contributed by atoms with Gasteiger partial charge in [-0.1, -0.05) is 12.1 Å². The number of aromatic nitrogens is 2. The first-order chi connectivity index (χ1) is 11.7. The maximum absolute atomic E-state index is 9.09. The van der Waals surface area contributed by atoms with Crippen molar-refractivity contribution in [2.75, 3.05) is 30.3 Å². The maximum atomic E-state index is 9.09. The first kappa shape index (κ1) is 17.5. The van der Waals surface area contributed by atoms with Gasteiger partial charge in [-0.15, -0.1) is 12.4 Å². The molecule has 2 aliphatic rings. The van der Waals surface area contributed by atoms with Gasteiger partial charge in [0.2, 0.25) is 5.95 Å². The van der Waals surface area contributed by atoms with E-state index in [0.29, 0.717) is 17.5 Å². The Kier molecular flexibility index (Phi) is 5.07. The van der Waals surface area contributed by atoms with Crippen molar-refractivity contribution in [2.24, 2.45) is 5.92 Å². The van der Waals surface area contributed by atoms with Crippen LogP contribution in [0.25, 0.3) is 11.3 Å². The van der Waals surface area contributed by atoms with E-state index in [2.05, 4.69) is 26.3 Å². The second-order valence-electron chi connectivity index (χ2n) is 6.53. The molecule has 0 amide bonds. The minimum Gasteiger partial charge on any atom is -0.368 e. The number of halogens is 1. The predicted octanol–water partition coefficient (Wildman–Crippen LogP) is 2.21. The highest BCUT2D eigenvalue weighted by molar-refractivity contribution is 5.85. The lowest BCUT2D eigenvalue weighted by Crippen LogP contribution is -2.40. The van der Waals surface area contributed by atoms with E-state index >= 15 is 0 Å². The number of fused-ring (bicyclic) bond motifs is 1. The van der Waals surface area contributed by atoms with E-state index in [1.54, 1.807) is 6.07 Å². The molecule has 1 aromatic carbocycles. The molecule has 0 radical (unpaired) electrons. The van der Waals surface area contributed by atoms with Crippen LogP contribution in [0.2, 0.25) is 0 Å². The van der Waals surface area contributed by atoms with Gasteiger partial charge in [0.25, 0.3) is 0 Å². The van der Waals surface area contributed by atoms with Crippen molar-refractivity contribution in [1.29, 1.82) is 5.26 Å². The molecule has 0 unspecified atom stereocenters. The number of anilines is 2. The van der Waals surface area contributed by atoms with Crippen molar-refractivity contribution in [3.05, 3.63) is 35.9 Å². The van der Waals surface area contributed by atoms with E-state index in [1.165, 1.54) is 12.8 Å². The van der Waals surface area contributed by atoms with E-state index in [-0.39, 0.29) is 18.4 Å². The van der Waals surface area contributed by atoms with Crippen molar-refractivity contribution in [3.8, 4) is 17.3 Å². The van der Waals surface area contributed by atoms with E-state index < -0.39 is 0 Å². The van der Waals surface area contributed by atoms with Gasteiger partial charge in [-0.3, -0.25) is 0 Å². The van der Waals surface area contributed by atoms with Gasteiger partial charge in [0.1, 0.15) is 5.82 Å². The lowest BCUT2D eigenvalue weighted by atomic mass is 9.94. The zero-order valence-corrected chi connectivity index (χ0v) is 14.7. The summed E-state index contributed by atoms with van der Waals surface area (Å²) in [6.45, 7) is 3.07.